The van der Waals surface area contributed by atoms with E-state index in [1.165, 1.54) is 17.6 Å². The Kier molecular flexibility index (Phi) is 3.63. The molecular formula is C11H15N3O2S. The number of aryl methyl sites for hydroxylation is 1. The zero-order chi connectivity index (χ0) is 12.3. The lowest BCUT2D eigenvalue weighted by Crippen LogP contribution is -2.45. The van der Waals surface area contributed by atoms with Gasteiger partial charge >= 0.3 is 6.09 Å². The molecule has 2 heterocycles. The zero-order valence-corrected chi connectivity index (χ0v) is 10.6. The number of ether oxygens (including phenoxy) is 1. The molecule has 17 heavy (non-hydrogen) atoms. The number of guanidine groups is 1. The molecule has 0 saturated heterocycles. The van der Waals surface area contributed by atoms with Crippen molar-refractivity contribution < 1.29 is 9.53 Å². The van der Waals surface area contributed by atoms with Crippen LogP contribution in [0, 0.1) is 6.92 Å². The highest BCUT2D eigenvalue weighted by Crippen LogP contribution is 2.25. The number of nitrogens with zero attached hydrogens (tertiary/aromatic N) is 1. The second-order valence-electron chi connectivity index (χ2n) is 3.82. The fourth-order valence-corrected chi connectivity index (χ4v) is 2.59. The number of nitrogens with one attached hydrogen (secondary N) is 2. The summed E-state index contributed by atoms with van der Waals surface area (Å²) in [7, 11) is 1.33. The SMILES string of the molecule is COC(=O)NC1=NCC(c2ccsc2C)CN1. The molecule has 0 bridgehead atoms. The molecule has 1 unspecified atom stereocenters. The second-order valence-corrected chi connectivity index (χ2v) is 4.94. The smallest absolute Gasteiger partial charge is 0.413 e. The van der Waals surface area contributed by atoms with E-state index in [1.54, 1.807) is 11.3 Å². The van der Waals surface area contributed by atoms with Crippen molar-refractivity contribution in [2.45, 2.75) is 12.8 Å². The van der Waals surface area contributed by atoms with E-state index < -0.39 is 6.09 Å². The first-order chi connectivity index (χ1) is 8.20. The lowest BCUT2D eigenvalue weighted by atomic mass is 9.99. The van der Waals surface area contributed by atoms with Crippen molar-refractivity contribution in [2.24, 2.45) is 4.99 Å². The Hall–Kier alpha value is -1.56. The van der Waals surface area contributed by atoms with E-state index in [4.69, 9.17) is 0 Å². The molecule has 1 aliphatic heterocycles. The zero-order valence-electron chi connectivity index (χ0n) is 9.82. The van der Waals surface area contributed by atoms with Gasteiger partial charge in [0, 0.05) is 17.3 Å². The highest BCUT2D eigenvalue weighted by atomic mass is 32.1. The summed E-state index contributed by atoms with van der Waals surface area (Å²) in [5.41, 5.74) is 1.34. The minimum absolute atomic E-state index is 0.379. The summed E-state index contributed by atoms with van der Waals surface area (Å²) in [6.45, 7) is 3.58. The molecular weight excluding hydrogens is 238 g/mol. The predicted octanol–water partition coefficient (Wildman–Crippen LogP) is 1.46. The van der Waals surface area contributed by atoms with Crippen LogP contribution in [0.5, 0.6) is 0 Å². The Morgan fingerprint density at radius 3 is 3.06 bits per heavy atom. The molecule has 1 aromatic rings. The van der Waals surface area contributed by atoms with Crippen LogP contribution in [0.15, 0.2) is 16.4 Å². The second kappa shape index (κ2) is 5.18. The lowest BCUT2D eigenvalue weighted by Gasteiger charge is -2.22. The normalized spacial score (nSPS) is 19.2. The van der Waals surface area contributed by atoms with Gasteiger partial charge in [0.2, 0.25) is 5.96 Å². The van der Waals surface area contributed by atoms with Gasteiger partial charge < -0.3 is 10.1 Å². The Bertz CT molecular complexity index is 442. The lowest BCUT2D eigenvalue weighted by molar-refractivity contribution is 0.176. The first kappa shape index (κ1) is 11.9. The third-order valence-electron chi connectivity index (χ3n) is 2.73. The highest BCUT2D eigenvalue weighted by molar-refractivity contribution is 7.10. The van der Waals surface area contributed by atoms with Gasteiger partial charge in [0.25, 0.3) is 0 Å². The van der Waals surface area contributed by atoms with Crippen LogP contribution in [-0.4, -0.2) is 32.3 Å². The first-order valence-electron chi connectivity index (χ1n) is 5.38. The third-order valence-corrected chi connectivity index (χ3v) is 3.59. The Labute approximate surface area is 104 Å². The fraction of sp³-hybridized carbons (Fsp3) is 0.455. The van der Waals surface area contributed by atoms with Gasteiger partial charge in [-0.05, 0) is 23.9 Å². The molecule has 0 saturated carbocycles. The van der Waals surface area contributed by atoms with Crippen LogP contribution < -0.4 is 10.6 Å². The van der Waals surface area contributed by atoms with Gasteiger partial charge in [0.05, 0.1) is 13.7 Å². The van der Waals surface area contributed by atoms with Crippen molar-refractivity contribution in [2.75, 3.05) is 20.2 Å². The number of alkyl carbamates (subject to hydrolysis) is 1. The molecule has 6 heteroatoms. The predicted molar refractivity (Wildman–Crippen MR) is 67.6 cm³/mol. The summed E-state index contributed by atoms with van der Waals surface area (Å²) in [4.78, 5) is 16.6. The fourth-order valence-electron chi connectivity index (χ4n) is 1.80. The van der Waals surface area contributed by atoms with Crippen LogP contribution in [0.2, 0.25) is 0 Å². The molecule has 0 aromatic carbocycles. The van der Waals surface area contributed by atoms with Crippen molar-refractivity contribution in [3.05, 3.63) is 21.9 Å². The van der Waals surface area contributed by atoms with E-state index in [-0.39, 0.29) is 0 Å². The molecule has 0 fully saturated rings. The van der Waals surface area contributed by atoms with Crippen molar-refractivity contribution in [3.63, 3.8) is 0 Å². The molecule has 92 valence electrons. The minimum atomic E-state index is -0.499. The maximum Gasteiger partial charge on any atom is 0.413 e. The largest absolute Gasteiger partial charge is 0.453 e. The summed E-state index contributed by atoms with van der Waals surface area (Å²) in [6.07, 6.45) is -0.499. The molecule has 1 aliphatic rings. The van der Waals surface area contributed by atoms with Gasteiger partial charge in [-0.25, -0.2) is 4.79 Å². The molecule has 0 radical (unpaired) electrons. The van der Waals surface area contributed by atoms with Gasteiger partial charge in [-0.15, -0.1) is 11.3 Å². The maximum absolute atomic E-state index is 11.0. The van der Waals surface area contributed by atoms with Crippen LogP contribution in [0.25, 0.3) is 0 Å². The van der Waals surface area contributed by atoms with Crippen LogP contribution >= 0.6 is 11.3 Å². The van der Waals surface area contributed by atoms with E-state index in [2.05, 4.69) is 38.7 Å². The molecule has 2 N–H and O–H groups in total. The monoisotopic (exact) mass is 253 g/mol. The quantitative estimate of drug-likeness (QED) is 0.796. The van der Waals surface area contributed by atoms with E-state index in [9.17, 15) is 4.79 Å². The van der Waals surface area contributed by atoms with Crippen LogP contribution in [0.4, 0.5) is 4.79 Å². The van der Waals surface area contributed by atoms with Crippen LogP contribution in [0.1, 0.15) is 16.4 Å². The number of aliphatic imine (C=N–C) groups is 1. The van der Waals surface area contributed by atoms with Crippen molar-refractivity contribution in [3.8, 4) is 0 Å². The Morgan fingerprint density at radius 1 is 1.71 bits per heavy atom. The number of carbonyl (C=O) groups is 1. The van der Waals surface area contributed by atoms with Crippen LogP contribution in [0.3, 0.4) is 0 Å². The number of carbonyl (C=O) groups excluding carboxylic acids is 1. The van der Waals surface area contributed by atoms with E-state index in [1.807, 2.05) is 0 Å². The van der Waals surface area contributed by atoms with Crippen LogP contribution in [-0.2, 0) is 4.74 Å². The van der Waals surface area contributed by atoms with Gasteiger partial charge in [-0.3, -0.25) is 10.3 Å². The van der Waals surface area contributed by atoms with E-state index in [0.29, 0.717) is 18.4 Å². The molecule has 1 atom stereocenters. The number of thiophene rings is 1. The van der Waals surface area contributed by atoms with Crippen molar-refractivity contribution in [1.29, 1.82) is 0 Å². The maximum atomic E-state index is 11.0. The summed E-state index contributed by atoms with van der Waals surface area (Å²) in [6, 6.07) is 2.14. The first-order valence-corrected chi connectivity index (χ1v) is 6.26. The van der Waals surface area contributed by atoms with Crippen molar-refractivity contribution in [1.82, 2.24) is 10.6 Å². The standard InChI is InChI=1S/C11H15N3O2S/c1-7-9(3-4-17-7)8-5-12-10(13-6-8)14-11(15)16-2/h3-4,8H,5-6H2,1-2H3,(H2,12,13,14,15). The number of hydrogen-bond acceptors (Lipinski definition) is 5. The molecule has 2 rings (SSSR count). The van der Waals surface area contributed by atoms with Gasteiger partial charge in [0.15, 0.2) is 0 Å². The molecule has 0 aliphatic carbocycles. The Morgan fingerprint density at radius 2 is 2.53 bits per heavy atom. The number of methoxy groups -OCH3 is 1. The number of rotatable bonds is 1. The molecule has 1 amide bonds. The van der Waals surface area contributed by atoms with E-state index >= 15 is 0 Å². The average Bonchev–Trinajstić information content (AvgIpc) is 2.76. The average molecular weight is 253 g/mol. The summed E-state index contributed by atoms with van der Waals surface area (Å²) in [5.74, 6) is 0.866. The molecule has 1 aromatic heterocycles. The molecule has 0 spiro atoms. The van der Waals surface area contributed by atoms with Crippen molar-refractivity contribution >= 4 is 23.4 Å². The molecule has 5 nitrogen and oxygen atoms in total. The summed E-state index contributed by atoms with van der Waals surface area (Å²) >= 11 is 1.75. The minimum Gasteiger partial charge on any atom is -0.453 e. The summed E-state index contributed by atoms with van der Waals surface area (Å²) in [5, 5.41) is 7.72. The van der Waals surface area contributed by atoms with Gasteiger partial charge in [-0.2, -0.15) is 0 Å². The van der Waals surface area contributed by atoms with Gasteiger partial charge in [-0.1, -0.05) is 0 Å². The highest BCUT2D eigenvalue weighted by Gasteiger charge is 2.19. The summed E-state index contributed by atoms with van der Waals surface area (Å²) < 4.78 is 4.50. The Balaban J connectivity index is 1.97. The topological polar surface area (TPSA) is 62.7 Å². The number of hydrogen-bond donors (Lipinski definition) is 2. The number of amides is 1. The van der Waals surface area contributed by atoms with E-state index in [0.717, 1.165) is 6.54 Å². The third kappa shape index (κ3) is 2.76. The van der Waals surface area contributed by atoms with Gasteiger partial charge in [0.1, 0.15) is 0 Å².